The maximum Gasteiger partial charge on any atom is 0.222 e. The van der Waals surface area contributed by atoms with Crippen LogP contribution in [0.15, 0.2) is 24.4 Å². The number of nitrogens with one attached hydrogen (secondary N) is 1. The largest absolute Gasteiger partial charge is 0.368 e. The molecule has 7 heteroatoms. The molecule has 0 aliphatic rings. The van der Waals surface area contributed by atoms with Crippen LogP contribution in [0.3, 0.4) is 0 Å². The van der Waals surface area contributed by atoms with Crippen molar-refractivity contribution >= 4 is 51.6 Å². The Morgan fingerprint density at radius 2 is 2.18 bits per heavy atom. The Morgan fingerprint density at radius 1 is 1.41 bits per heavy atom. The molecule has 0 aliphatic heterocycles. The van der Waals surface area contributed by atoms with Crippen molar-refractivity contribution < 1.29 is 4.39 Å². The number of hydrogen-bond acceptors (Lipinski definition) is 4. The number of nitrogens with two attached hydrogens (primary N) is 1. The van der Waals surface area contributed by atoms with Crippen LogP contribution in [0.2, 0.25) is 5.02 Å². The maximum absolute atomic E-state index is 13.3. The number of aromatic nitrogens is 2. The van der Waals surface area contributed by atoms with Crippen molar-refractivity contribution in [1.82, 2.24) is 9.97 Å². The minimum atomic E-state index is -0.311. The zero-order chi connectivity index (χ0) is 12.4. The molecule has 17 heavy (non-hydrogen) atoms. The second kappa shape index (κ2) is 5.01. The van der Waals surface area contributed by atoms with Crippen molar-refractivity contribution in [1.29, 1.82) is 0 Å². The molecule has 2 rings (SSSR count). The van der Waals surface area contributed by atoms with E-state index in [9.17, 15) is 4.39 Å². The number of anilines is 3. The molecule has 0 fully saturated rings. The number of nitrogens with zero attached hydrogens (tertiary/aromatic N) is 2. The summed E-state index contributed by atoms with van der Waals surface area (Å²) in [5.74, 6) is 0.139. The first-order chi connectivity index (χ1) is 8.08. The Hall–Kier alpha value is -1.15. The summed E-state index contributed by atoms with van der Waals surface area (Å²) in [5.41, 5.74) is 6.03. The molecule has 0 atom stereocenters. The number of rotatable bonds is 2. The number of benzene rings is 1. The zero-order valence-electron chi connectivity index (χ0n) is 8.42. The fourth-order valence-electron chi connectivity index (χ4n) is 1.20. The normalized spacial score (nSPS) is 10.3. The van der Waals surface area contributed by atoms with Crippen LogP contribution in [0, 0.1) is 9.39 Å². The van der Waals surface area contributed by atoms with Gasteiger partial charge in [0.15, 0.2) is 5.82 Å². The zero-order valence-corrected chi connectivity index (χ0v) is 11.3. The van der Waals surface area contributed by atoms with Gasteiger partial charge < -0.3 is 11.1 Å². The van der Waals surface area contributed by atoms with Gasteiger partial charge in [-0.15, -0.1) is 0 Å². The third-order valence-electron chi connectivity index (χ3n) is 1.97. The number of hydrogen-bond donors (Lipinski definition) is 2. The molecule has 0 radical (unpaired) electrons. The third kappa shape index (κ3) is 2.75. The van der Waals surface area contributed by atoms with Crippen LogP contribution in [0.1, 0.15) is 0 Å². The van der Waals surface area contributed by atoms with Gasteiger partial charge in [0.25, 0.3) is 0 Å². The van der Waals surface area contributed by atoms with Gasteiger partial charge >= 0.3 is 0 Å². The van der Waals surface area contributed by atoms with E-state index < -0.39 is 0 Å². The van der Waals surface area contributed by atoms with Gasteiger partial charge in [-0.1, -0.05) is 17.7 Å². The predicted molar refractivity (Wildman–Crippen MR) is 73.9 cm³/mol. The van der Waals surface area contributed by atoms with Gasteiger partial charge in [0, 0.05) is 0 Å². The third-order valence-corrected chi connectivity index (χ3v) is 3.34. The van der Waals surface area contributed by atoms with Crippen molar-refractivity contribution in [2.75, 3.05) is 11.1 Å². The second-order valence-corrected chi connectivity index (χ2v) is 4.64. The molecule has 0 saturated heterocycles. The summed E-state index contributed by atoms with van der Waals surface area (Å²) >= 11 is 7.80. The lowest BCUT2D eigenvalue weighted by Gasteiger charge is -2.09. The number of nitrogen functional groups attached to an aromatic ring is 1. The lowest BCUT2D eigenvalue weighted by atomic mass is 10.3. The van der Waals surface area contributed by atoms with Gasteiger partial charge in [-0.25, -0.2) is 9.37 Å². The molecule has 1 aromatic heterocycles. The fourth-order valence-corrected chi connectivity index (χ4v) is 1.83. The lowest BCUT2D eigenvalue weighted by Crippen LogP contribution is -2.02. The maximum atomic E-state index is 13.3. The van der Waals surface area contributed by atoms with E-state index in [0.717, 1.165) is 0 Å². The Kier molecular flexibility index (Phi) is 3.63. The quantitative estimate of drug-likeness (QED) is 0.803. The molecule has 0 bridgehead atoms. The molecule has 1 heterocycles. The summed E-state index contributed by atoms with van der Waals surface area (Å²) < 4.78 is 13.8. The average Bonchev–Trinajstić information content (AvgIpc) is 2.30. The average molecular weight is 365 g/mol. The predicted octanol–water partition coefficient (Wildman–Crippen LogP) is 3.20. The van der Waals surface area contributed by atoms with E-state index in [1.165, 1.54) is 12.3 Å². The molecule has 0 amide bonds. The van der Waals surface area contributed by atoms with Gasteiger partial charge in [0.2, 0.25) is 5.95 Å². The molecular formula is C10H7ClFIN4. The molecular weight excluding hydrogens is 357 g/mol. The topological polar surface area (TPSA) is 63.8 Å². The molecule has 0 aliphatic carbocycles. The van der Waals surface area contributed by atoms with Gasteiger partial charge in [0.1, 0.15) is 10.8 Å². The highest BCUT2D eigenvalue weighted by Crippen LogP contribution is 2.27. The standard InChI is InChI=1S/C10H7ClFIN4/c11-5-4-15-10(14)17-9(5)16-7-3-1-2-6(12)8(7)13/h1-4H,(H3,14,15,16,17). The van der Waals surface area contributed by atoms with Crippen LogP contribution in [-0.2, 0) is 0 Å². The van der Waals surface area contributed by atoms with Crippen molar-refractivity contribution in [3.05, 3.63) is 38.8 Å². The highest BCUT2D eigenvalue weighted by molar-refractivity contribution is 14.1. The van der Waals surface area contributed by atoms with E-state index in [2.05, 4.69) is 15.3 Å². The first-order valence-electron chi connectivity index (χ1n) is 4.57. The SMILES string of the molecule is Nc1ncc(Cl)c(Nc2cccc(F)c2I)n1. The van der Waals surface area contributed by atoms with E-state index in [0.29, 0.717) is 20.1 Å². The van der Waals surface area contributed by atoms with Crippen LogP contribution in [0.25, 0.3) is 0 Å². The van der Waals surface area contributed by atoms with E-state index in [1.54, 1.807) is 12.1 Å². The molecule has 4 nitrogen and oxygen atoms in total. The molecule has 1 aromatic carbocycles. The highest BCUT2D eigenvalue weighted by Gasteiger charge is 2.08. The van der Waals surface area contributed by atoms with E-state index in [4.69, 9.17) is 17.3 Å². The molecule has 2 aromatic rings. The molecule has 88 valence electrons. The lowest BCUT2D eigenvalue weighted by molar-refractivity contribution is 0.621. The van der Waals surface area contributed by atoms with Crippen molar-refractivity contribution in [2.24, 2.45) is 0 Å². The highest BCUT2D eigenvalue weighted by atomic mass is 127. The molecule has 0 saturated carbocycles. The van der Waals surface area contributed by atoms with Crippen LogP contribution in [0.4, 0.5) is 21.8 Å². The summed E-state index contributed by atoms with van der Waals surface area (Å²) in [6.07, 6.45) is 1.39. The Morgan fingerprint density at radius 3 is 2.94 bits per heavy atom. The number of halogens is 3. The molecule has 0 spiro atoms. The van der Waals surface area contributed by atoms with Gasteiger partial charge in [0.05, 0.1) is 15.5 Å². The van der Waals surface area contributed by atoms with Gasteiger partial charge in [-0.05, 0) is 34.7 Å². The van der Waals surface area contributed by atoms with Gasteiger partial charge in [-0.2, -0.15) is 4.98 Å². The monoisotopic (exact) mass is 364 g/mol. The minimum absolute atomic E-state index is 0.100. The first-order valence-corrected chi connectivity index (χ1v) is 6.02. The smallest absolute Gasteiger partial charge is 0.222 e. The fraction of sp³-hybridized carbons (Fsp3) is 0. The van der Waals surface area contributed by atoms with Crippen LogP contribution >= 0.6 is 34.2 Å². The minimum Gasteiger partial charge on any atom is -0.368 e. The second-order valence-electron chi connectivity index (χ2n) is 3.15. The van der Waals surface area contributed by atoms with Crippen LogP contribution < -0.4 is 11.1 Å². The van der Waals surface area contributed by atoms with Gasteiger partial charge in [-0.3, -0.25) is 0 Å². The summed E-state index contributed by atoms with van der Waals surface area (Å²) in [7, 11) is 0. The molecule has 3 N–H and O–H groups in total. The summed E-state index contributed by atoms with van der Waals surface area (Å²) in [5, 5.41) is 3.23. The Labute approximate surface area is 116 Å². The Balaban J connectivity index is 2.38. The van der Waals surface area contributed by atoms with Crippen molar-refractivity contribution in [3.8, 4) is 0 Å². The van der Waals surface area contributed by atoms with Crippen LogP contribution in [0.5, 0.6) is 0 Å². The van der Waals surface area contributed by atoms with E-state index in [-0.39, 0.29) is 11.8 Å². The molecule has 0 unspecified atom stereocenters. The summed E-state index contributed by atoms with van der Waals surface area (Å²) in [6.45, 7) is 0. The van der Waals surface area contributed by atoms with E-state index in [1.807, 2.05) is 22.6 Å². The van der Waals surface area contributed by atoms with E-state index >= 15 is 0 Å². The van der Waals surface area contributed by atoms with Crippen molar-refractivity contribution in [2.45, 2.75) is 0 Å². The summed E-state index contributed by atoms with van der Waals surface area (Å²) in [4.78, 5) is 7.68. The Bertz CT molecular complexity index is 564. The first kappa shape index (κ1) is 12.3. The van der Waals surface area contributed by atoms with Crippen molar-refractivity contribution in [3.63, 3.8) is 0 Å². The van der Waals surface area contributed by atoms with Crippen LogP contribution in [-0.4, -0.2) is 9.97 Å². The summed E-state index contributed by atoms with van der Waals surface area (Å²) in [6, 6.07) is 4.70.